The molecular weight excluding hydrogens is 424 g/mol. The van der Waals surface area contributed by atoms with Crippen molar-refractivity contribution in [3.63, 3.8) is 0 Å². The Morgan fingerprint density at radius 2 is 1.93 bits per heavy atom. The van der Waals surface area contributed by atoms with E-state index in [9.17, 15) is 13.2 Å². The smallest absolute Gasteiger partial charge is 0.246 e. The average Bonchev–Trinajstić information content (AvgIpc) is 3.43. The number of thiophene rings is 1. The second kappa shape index (κ2) is 8.34. The number of sulfonamides is 1. The van der Waals surface area contributed by atoms with Crippen LogP contribution in [0.1, 0.15) is 5.89 Å². The van der Waals surface area contributed by atoms with Crippen LogP contribution in [-0.2, 0) is 21.4 Å². The largest absolute Gasteiger partial charge is 0.346 e. The van der Waals surface area contributed by atoms with Crippen molar-refractivity contribution in [2.45, 2.75) is 11.4 Å². The zero-order chi connectivity index (χ0) is 21.1. The standard InChI is InChI=1S/C20H18N4O4S2/c1-24(30(26,27)16-9-8-14-5-2-3-6-15(14)11-16)13-18(25)21-12-19-22-20(23-28-19)17-7-4-10-29-17/h2-11H,12-13H2,1H3,(H,21,25). The Morgan fingerprint density at radius 1 is 1.13 bits per heavy atom. The average molecular weight is 443 g/mol. The first-order valence-electron chi connectivity index (χ1n) is 9.02. The fraction of sp³-hybridized carbons (Fsp3) is 0.150. The van der Waals surface area contributed by atoms with Crippen molar-refractivity contribution >= 4 is 38.0 Å². The summed E-state index contributed by atoms with van der Waals surface area (Å²) >= 11 is 1.48. The second-order valence-corrected chi connectivity index (χ2v) is 9.53. The Kier molecular flexibility index (Phi) is 5.62. The van der Waals surface area contributed by atoms with Crippen molar-refractivity contribution in [1.82, 2.24) is 19.8 Å². The number of carbonyl (C=O) groups excluding carboxylic acids is 1. The molecule has 0 spiro atoms. The summed E-state index contributed by atoms with van der Waals surface area (Å²) in [4.78, 5) is 17.5. The molecule has 0 bridgehead atoms. The monoisotopic (exact) mass is 442 g/mol. The maximum absolute atomic E-state index is 12.8. The Bertz CT molecular complexity index is 1280. The third-order valence-corrected chi connectivity index (χ3v) is 7.11. The number of benzene rings is 2. The number of carbonyl (C=O) groups is 1. The predicted octanol–water partition coefficient (Wildman–Crippen LogP) is 2.89. The molecule has 0 aliphatic carbocycles. The fourth-order valence-corrected chi connectivity index (χ4v) is 4.67. The van der Waals surface area contributed by atoms with E-state index in [1.54, 1.807) is 12.1 Å². The normalized spacial score (nSPS) is 11.8. The molecule has 2 heterocycles. The van der Waals surface area contributed by atoms with Crippen molar-refractivity contribution in [2.24, 2.45) is 0 Å². The Morgan fingerprint density at radius 3 is 2.70 bits per heavy atom. The van der Waals surface area contributed by atoms with Crippen molar-refractivity contribution in [1.29, 1.82) is 0 Å². The molecule has 0 aliphatic heterocycles. The van der Waals surface area contributed by atoms with Crippen LogP contribution in [0, 0.1) is 0 Å². The van der Waals surface area contributed by atoms with Gasteiger partial charge in [0.1, 0.15) is 0 Å². The van der Waals surface area contributed by atoms with Crippen molar-refractivity contribution in [2.75, 3.05) is 13.6 Å². The molecule has 4 aromatic rings. The Labute approximate surface area is 177 Å². The highest BCUT2D eigenvalue weighted by molar-refractivity contribution is 7.89. The van der Waals surface area contributed by atoms with Crippen LogP contribution in [0.15, 0.2) is 69.4 Å². The van der Waals surface area contributed by atoms with E-state index < -0.39 is 15.9 Å². The van der Waals surface area contributed by atoms with Crippen LogP contribution in [0.3, 0.4) is 0 Å². The molecule has 0 saturated heterocycles. The number of nitrogens with zero attached hydrogens (tertiary/aromatic N) is 3. The van der Waals surface area contributed by atoms with E-state index in [1.165, 1.54) is 24.5 Å². The first-order chi connectivity index (χ1) is 14.4. The van der Waals surface area contributed by atoms with Crippen molar-refractivity contribution < 1.29 is 17.7 Å². The van der Waals surface area contributed by atoms with Gasteiger partial charge in [-0.1, -0.05) is 41.6 Å². The number of amides is 1. The highest BCUT2D eigenvalue weighted by atomic mass is 32.2. The van der Waals surface area contributed by atoms with Gasteiger partial charge in [-0.2, -0.15) is 9.29 Å². The quantitative estimate of drug-likeness (QED) is 0.472. The van der Waals surface area contributed by atoms with Gasteiger partial charge in [0.15, 0.2) is 0 Å². The highest BCUT2D eigenvalue weighted by Crippen LogP contribution is 2.22. The fourth-order valence-electron chi connectivity index (χ4n) is 2.86. The van der Waals surface area contributed by atoms with E-state index in [0.717, 1.165) is 20.0 Å². The molecular formula is C20H18N4O4S2. The summed E-state index contributed by atoms with van der Waals surface area (Å²) in [6.07, 6.45) is 0. The Balaban J connectivity index is 1.38. The van der Waals surface area contributed by atoms with Gasteiger partial charge in [-0.3, -0.25) is 4.79 Å². The summed E-state index contributed by atoms with van der Waals surface area (Å²) in [6.45, 7) is -0.317. The first-order valence-corrected chi connectivity index (χ1v) is 11.3. The van der Waals surface area contributed by atoms with E-state index in [1.807, 2.05) is 41.8 Å². The van der Waals surface area contributed by atoms with Crippen LogP contribution in [0.4, 0.5) is 0 Å². The number of aromatic nitrogens is 2. The minimum absolute atomic E-state index is 0.0150. The van der Waals surface area contributed by atoms with Crippen LogP contribution in [0.5, 0.6) is 0 Å². The number of nitrogens with one attached hydrogen (secondary N) is 1. The van der Waals surface area contributed by atoms with E-state index in [2.05, 4.69) is 15.5 Å². The van der Waals surface area contributed by atoms with Gasteiger partial charge in [0.2, 0.25) is 27.6 Å². The molecule has 2 aromatic carbocycles. The van der Waals surface area contributed by atoms with E-state index in [4.69, 9.17) is 4.52 Å². The van der Waals surface area contributed by atoms with Gasteiger partial charge in [0, 0.05) is 7.05 Å². The van der Waals surface area contributed by atoms with E-state index in [-0.39, 0.29) is 23.9 Å². The summed E-state index contributed by atoms with van der Waals surface area (Å²) in [5.41, 5.74) is 0. The van der Waals surface area contributed by atoms with E-state index in [0.29, 0.717) is 5.82 Å². The third-order valence-electron chi connectivity index (χ3n) is 4.44. The maximum atomic E-state index is 12.8. The van der Waals surface area contributed by atoms with E-state index >= 15 is 0 Å². The van der Waals surface area contributed by atoms with Gasteiger partial charge in [-0.15, -0.1) is 11.3 Å². The molecule has 0 fully saturated rings. The summed E-state index contributed by atoms with van der Waals surface area (Å²) in [5, 5.41) is 10.1. The van der Waals surface area contributed by atoms with Gasteiger partial charge >= 0.3 is 0 Å². The zero-order valence-corrected chi connectivity index (χ0v) is 17.6. The zero-order valence-electron chi connectivity index (χ0n) is 16.0. The SMILES string of the molecule is CN(CC(=O)NCc1nc(-c2cccs2)no1)S(=O)(=O)c1ccc2ccccc2c1. The first kappa shape index (κ1) is 20.2. The number of rotatable bonds is 7. The molecule has 0 aliphatic rings. The van der Waals surface area contributed by atoms with Gasteiger partial charge in [0.05, 0.1) is 22.9 Å². The molecule has 2 aromatic heterocycles. The lowest BCUT2D eigenvalue weighted by Crippen LogP contribution is -2.38. The van der Waals surface area contributed by atoms with Crippen LogP contribution in [-0.4, -0.2) is 42.4 Å². The summed E-state index contributed by atoms with van der Waals surface area (Å²) < 4.78 is 31.8. The van der Waals surface area contributed by atoms with Crippen LogP contribution in [0.2, 0.25) is 0 Å². The lowest BCUT2D eigenvalue weighted by Gasteiger charge is -2.17. The topological polar surface area (TPSA) is 105 Å². The van der Waals surface area contributed by atoms with Crippen molar-refractivity contribution in [3.05, 3.63) is 65.9 Å². The molecule has 1 N–H and O–H groups in total. The molecule has 30 heavy (non-hydrogen) atoms. The second-order valence-electron chi connectivity index (χ2n) is 6.54. The third kappa shape index (κ3) is 4.25. The minimum Gasteiger partial charge on any atom is -0.346 e. The predicted molar refractivity (Wildman–Crippen MR) is 113 cm³/mol. The maximum Gasteiger partial charge on any atom is 0.246 e. The van der Waals surface area contributed by atoms with Gasteiger partial charge in [-0.05, 0) is 34.4 Å². The summed E-state index contributed by atoms with van der Waals surface area (Å²) in [5.74, 6) is 0.217. The molecule has 0 radical (unpaired) electrons. The van der Waals surface area contributed by atoms with Crippen LogP contribution < -0.4 is 5.32 Å². The van der Waals surface area contributed by atoms with Gasteiger partial charge < -0.3 is 9.84 Å². The number of hydrogen-bond donors (Lipinski definition) is 1. The number of hydrogen-bond acceptors (Lipinski definition) is 7. The van der Waals surface area contributed by atoms with Crippen molar-refractivity contribution in [3.8, 4) is 10.7 Å². The molecule has 0 atom stereocenters. The highest BCUT2D eigenvalue weighted by Gasteiger charge is 2.23. The molecule has 4 rings (SSSR count). The molecule has 10 heteroatoms. The van der Waals surface area contributed by atoms with Gasteiger partial charge in [-0.25, -0.2) is 8.42 Å². The lowest BCUT2D eigenvalue weighted by atomic mass is 10.1. The molecule has 154 valence electrons. The van der Waals surface area contributed by atoms with Crippen LogP contribution >= 0.6 is 11.3 Å². The summed E-state index contributed by atoms with van der Waals surface area (Å²) in [6, 6.07) is 16.1. The Hall–Kier alpha value is -3.08. The number of fused-ring (bicyclic) bond motifs is 1. The lowest BCUT2D eigenvalue weighted by molar-refractivity contribution is -0.121. The molecule has 0 saturated carbocycles. The van der Waals surface area contributed by atoms with Crippen LogP contribution in [0.25, 0.3) is 21.5 Å². The summed E-state index contributed by atoms with van der Waals surface area (Å²) in [7, 11) is -2.44. The minimum atomic E-state index is -3.81. The molecule has 8 nitrogen and oxygen atoms in total. The molecule has 1 amide bonds. The van der Waals surface area contributed by atoms with Gasteiger partial charge in [0.25, 0.3) is 0 Å². The molecule has 0 unspecified atom stereocenters. The number of likely N-dealkylation sites (N-methyl/N-ethyl adjacent to an activating group) is 1.